The van der Waals surface area contributed by atoms with E-state index in [-0.39, 0.29) is 24.3 Å². The second kappa shape index (κ2) is 5.61. The number of carboxylic acids is 1. The van der Waals surface area contributed by atoms with Gasteiger partial charge in [0.05, 0.1) is 16.8 Å². The summed E-state index contributed by atoms with van der Waals surface area (Å²) in [5.74, 6) is -1.60. The molecule has 0 bridgehead atoms. The second-order valence-electron chi connectivity index (χ2n) is 6.15. The van der Waals surface area contributed by atoms with Crippen LogP contribution in [0, 0.1) is 5.41 Å². The summed E-state index contributed by atoms with van der Waals surface area (Å²) in [6.45, 7) is 4.87. The number of hydrogen-bond acceptors (Lipinski definition) is 5. The van der Waals surface area contributed by atoms with Gasteiger partial charge in [0.2, 0.25) is 10.0 Å². The number of sulfone groups is 1. The van der Waals surface area contributed by atoms with Crippen LogP contribution in [0.15, 0.2) is 0 Å². The first-order valence-corrected chi connectivity index (χ1v) is 9.66. The Bertz CT molecular complexity index is 559. The molecular weight excluding hydrogens is 306 g/mol. The summed E-state index contributed by atoms with van der Waals surface area (Å²) in [5.41, 5.74) is -0.778. The minimum absolute atomic E-state index is 0.00808. The second-order valence-corrected chi connectivity index (χ2v) is 10.4. The maximum Gasteiger partial charge on any atom is 0.322 e. The van der Waals surface area contributed by atoms with Gasteiger partial charge in [-0.15, -0.1) is 0 Å². The molecule has 1 fully saturated rings. The molecule has 1 heterocycles. The Morgan fingerprint density at radius 3 is 2.05 bits per heavy atom. The Labute approximate surface area is 119 Å². The van der Waals surface area contributed by atoms with Gasteiger partial charge in [-0.3, -0.25) is 4.79 Å². The molecule has 0 amide bonds. The van der Waals surface area contributed by atoms with Gasteiger partial charge in [-0.25, -0.2) is 21.6 Å². The molecule has 20 heavy (non-hydrogen) atoms. The predicted molar refractivity (Wildman–Crippen MR) is 74.6 cm³/mol. The molecule has 7 nitrogen and oxygen atoms in total. The minimum atomic E-state index is -3.86. The number of hydrogen-bond donors (Lipinski definition) is 2. The van der Waals surface area contributed by atoms with Gasteiger partial charge in [0.15, 0.2) is 0 Å². The zero-order valence-electron chi connectivity index (χ0n) is 11.8. The van der Waals surface area contributed by atoms with Gasteiger partial charge in [0, 0.05) is 0 Å². The lowest BCUT2D eigenvalue weighted by Gasteiger charge is -2.30. The SMILES string of the molecule is CC(C)(C)C(NS(=O)(=O)C1CCS(=O)(=O)CC1)C(=O)O. The molecule has 2 N–H and O–H groups in total. The standard InChI is InChI=1S/C11H21NO6S2/c1-11(2,3)9(10(13)14)12-20(17,18)8-4-6-19(15,16)7-5-8/h8-9,12H,4-7H2,1-3H3,(H,13,14). The molecule has 1 atom stereocenters. The van der Waals surface area contributed by atoms with E-state index in [9.17, 15) is 21.6 Å². The van der Waals surface area contributed by atoms with Crippen molar-refractivity contribution in [2.24, 2.45) is 5.41 Å². The lowest BCUT2D eigenvalue weighted by Crippen LogP contribution is -2.52. The number of nitrogens with one attached hydrogen (secondary N) is 1. The van der Waals surface area contributed by atoms with Gasteiger partial charge in [0.1, 0.15) is 15.9 Å². The van der Waals surface area contributed by atoms with Crippen molar-refractivity contribution in [2.45, 2.75) is 44.9 Å². The number of rotatable bonds is 4. The first-order valence-electron chi connectivity index (χ1n) is 6.29. The van der Waals surface area contributed by atoms with Crippen molar-refractivity contribution in [3.63, 3.8) is 0 Å². The van der Waals surface area contributed by atoms with Crippen LogP contribution in [0.1, 0.15) is 33.6 Å². The van der Waals surface area contributed by atoms with Crippen LogP contribution in [0.3, 0.4) is 0 Å². The third-order valence-corrected chi connectivity index (χ3v) is 6.96. The van der Waals surface area contributed by atoms with Gasteiger partial charge < -0.3 is 5.11 Å². The zero-order valence-corrected chi connectivity index (χ0v) is 13.4. The number of carboxylic acid groups (broad SMARTS) is 1. The van der Waals surface area contributed by atoms with Crippen LogP contribution in [0.4, 0.5) is 0 Å². The smallest absolute Gasteiger partial charge is 0.322 e. The molecule has 1 rings (SSSR count). The lowest BCUT2D eigenvalue weighted by molar-refractivity contribution is -0.141. The van der Waals surface area contributed by atoms with E-state index in [4.69, 9.17) is 5.11 Å². The molecule has 0 saturated carbocycles. The molecule has 1 saturated heterocycles. The van der Waals surface area contributed by atoms with E-state index >= 15 is 0 Å². The Balaban J connectivity index is 2.87. The molecule has 0 aliphatic carbocycles. The fourth-order valence-electron chi connectivity index (χ4n) is 2.04. The summed E-state index contributed by atoms with van der Waals surface area (Å²) in [6.07, 6.45) is 0.0162. The summed E-state index contributed by atoms with van der Waals surface area (Å²) in [4.78, 5) is 11.2. The first kappa shape index (κ1) is 17.4. The van der Waals surface area contributed by atoms with Crippen LogP contribution >= 0.6 is 0 Å². The van der Waals surface area contributed by atoms with Crippen molar-refractivity contribution in [3.8, 4) is 0 Å². The molecular formula is C11H21NO6S2. The topological polar surface area (TPSA) is 118 Å². The monoisotopic (exact) mass is 327 g/mol. The van der Waals surface area contributed by atoms with Crippen molar-refractivity contribution in [1.29, 1.82) is 0 Å². The highest BCUT2D eigenvalue weighted by molar-refractivity contribution is 7.92. The predicted octanol–water partition coefficient (Wildman–Crippen LogP) is -0.0177. The highest BCUT2D eigenvalue weighted by Crippen LogP contribution is 2.24. The normalized spacial score (nSPS) is 22.4. The first-order chi connectivity index (χ1) is 8.85. The zero-order chi connectivity index (χ0) is 15.8. The fraction of sp³-hybridized carbons (Fsp3) is 0.909. The Kier molecular flexibility index (Phi) is 4.87. The van der Waals surface area contributed by atoms with E-state index in [0.717, 1.165) is 0 Å². The van der Waals surface area contributed by atoms with E-state index in [2.05, 4.69) is 4.72 Å². The highest BCUT2D eigenvalue weighted by atomic mass is 32.2. The van der Waals surface area contributed by atoms with Crippen LogP contribution in [0.25, 0.3) is 0 Å². The molecule has 1 aliphatic heterocycles. The van der Waals surface area contributed by atoms with Crippen LogP contribution in [0.2, 0.25) is 0 Å². The van der Waals surface area contributed by atoms with Crippen molar-refractivity contribution in [3.05, 3.63) is 0 Å². The summed E-state index contributed by atoms with van der Waals surface area (Å²) in [6, 6.07) is -1.24. The quantitative estimate of drug-likeness (QED) is 0.749. The molecule has 0 aromatic carbocycles. The Hall–Kier alpha value is -0.670. The molecule has 118 valence electrons. The third-order valence-electron chi connectivity index (χ3n) is 3.34. The fourth-order valence-corrected chi connectivity index (χ4v) is 5.66. The molecule has 1 aliphatic rings. The van der Waals surface area contributed by atoms with Crippen LogP contribution in [0.5, 0.6) is 0 Å². The maximum absolute atomic E-state index is 12.2. The van der Waals surface area contributed by atoms with Crippen molar-refractivity contribution in [1.82, 2.24) is 4.72 Å². The Morgan fingerprint density at radius 1 is 1.25 bits per heavy atom. The summed E-state index contributed by atoms with van der Waals surface area (Å²) in [5, 5.41) is 8.28. The number of sulfonamides is 1. The number of carbonyl (C=O) groups is 1. The van der Waals surface area contributed by atoms with Gasteiger partial charge in [0.25, 0.3) is 0 Å². The van der Waals surface area contributed by atoms with E-state index in [1.807, 2.05) is 0 Å². The van der Waals surface area contributed by atoms with Gasteiger partial charge in [-0.2, -0.15) is 0 Å². The third kappa shape index (κ3) is 4.42. The lowest BCUT2D eigenvalue weighted by atomic mass is 9.88. The van der Waals surface area contributed by atoms with E-state index < -0.39 is 42.5 Å². The van der Waals surface area contributed by atoms with E-state index in [0.29, 0.717) is 0 Å². The van der Waals surface area contributed by atoms with Crippen LogP contribution in [-0.2, 0) is 24.7 Å². The largest absolute Gasteiger partial charge is 0.480 e. The van der Waals surface area contributed by atoms with Gasteiger partial charge >= 0.3 is 5.97 Å². The molecule has 0 radical (unpaired) electrons. The molecule has 0 aromatic rings. The highest BCUT2D eigenvalue weighted by Gasteiger charge is 2.39. The average Bonchev–Trinajstić information content (AvgIpc) is 2.23. The summed E-state index contributed by atoms with van der Waals surface area (Å²) >= 11 is 0. The van der Waals surface area contributed by atoms with Crippen LogP contribution in [-0.4, -0.2) is 50.7 Å². The molecule has 0 aromatic heterocycles. The van der Waals surface area contributed by atoms with Crippen molar-refractivity contribution >= 4 is 25.8 Å². The average molecular weight is 327 g/mol. The summed E-state index contributed by atoms with van der Waals surface area (Å²) < 4.78 is 49.2. The van der Waals surface area contributed by atoms with Gasteiger partial charge in [-0.1, -0.05) is 20.8 Å². The van der Waals surface area contributed by atoms with E-state index in [1.165, 1.54) is 0 Å². The summed E-state index contributed by atoms with van der Waals surface area (Å²) in [7, 11) is -7.01. The maximum atomic E-state index is 12.2. The van der Waals surface area contributed by atoms with Gasteiger partial charge in [-0.05, 0) is 18.3 Å². The van der Waals surface area contributed by atoms with Crippen molar-refractivity contribution < 1.29 is 26.7 Å². The molecule has 1 unspecified atom stereocenters. The minimum Gasteiger partial charge on any atom is -0.480 e. The van der Waals surface area contributed by atoms with Crippen molar-refractivity contribution in [2.75, 3.05) is 11.5 Å². The van der Waals surface area contributed by atoms with E-state index in [1.54, 1.807) is 20.8 Å². The Morgan fingerprint density at radius 2 is 1.70 bits per heavy atom. The number of aliphatic carboxylic acids is 1. The van der Waals surface area contributed by atoms with Crippen LogP contribution < -0.4 is 4.72 Å². The molecule has 0 spiro atoms. The molecule has 9 heteroatoms.